The van der Waals surface area contributed by atoms with Crippen molar-refractivity contribution in [3.63, 3.8) is 0 Å². The fraction of sp³-hybridized carbons (Fsp3) is 0.167. The lowest BCUT2D eigenvalue weighted by Crippen LogP contribution is -2.36. The number of nitrogens with one attached hydrogen (secondary N) is 2. The molecular weight excluding hydrogens is 483 g/mol. The van der Waals surface area contributed by atoms with E-state index in [0.717, 1.165) is 5.56 Å². The number of unbranched alkanes of at least 4 members (excludes halogenated alkanes) is 1. The minimum atomic E-state index is -0.568. The Morgan fingerprint density at radius 3 is 2.45 bits per heavy atom. The molecule has 1 unspecified atom stereocenters. The highest BCUT2D eigenvalue weighted by Gasteiger charge is 2.34. The molecule has 0 aromatic heterocycles. The number of anilines is 1. The Labute approximate surface area is 220 Å². The van der Waals surface area contributed by atoms with Gasteiger partial charge in [-0.2, -0.15) is 0 Å². The molecule has 2 amide bonds. The van der Waals surface area contributed by atoms with E-state index in [-0.39, 0.29) is 17.6 Å². The van der Waals surface area contributed by atoms with E-state index in [1.807, 2.05) is 30.3 Å². The minimum absolute atomic E-state index is 0.265. The molecule has 190 valence electrons. The molecule has 0 saturated carbocycles. The maximum Gasteiger partial charge on any atom is 0.261 e. The zero-order valence-electron chi connectivity index (χ0n) is 20.5. The molecule has 7 nitrogen and oxygen atoms in total. The van der Waals surface area contributed by atoms with E-state index < -0.39 is 6.29 Å². The smallest absolute Gasteiger partial charge is 0.261 e. The lowest BCUT2D eigenvalue weighted by Gasteiger charge is -2.22. The molecule has 0 saturated heterocycles. The topological polar surface area (TPSA) is 83.0 Å². The second-order valence-corrected chi connectivity index (χ2v) is 8.70. The highest BCUT2D eigenvalue weighted by molar-refractivity contribution is 6.21. The first kappa shape index (κ1) is 24.8. The molecule has 5 rings (SSSR count). The number of fused-ring (bicyclic) bond motifs is 1. The number of nitrogens with zero attached hydrogens (tertiary/aromatic N) is 2. The van der Waals surface area contributed by atoms with Crippen molar-refractivity contribution in [2.45, 2.75) is 25.7 Å². The summed E-state index contributed by atoms with van der Waals surface area (Å²) >= 11 is 0. The van der Waals surface area contributed by atoms with Crippen LogP contribution >= 0.6 is 0 Å². The zero-order chi connectivity index (χ0) is 26.3. The lowest BCUT2D eigenvalue weighted by molar-refractivity contribution is 0.0653. The number of rotatable bonds is 7. The van der Waals surface area contributed by atoms with Crippen molar-refractivity contribution in [1.82, 2.24) is 10.2 Å². The summed E-state index contributed by atoms with van der Waals surface area (Å²) < 4.78 is 19.6. The maximum atomic E-state index is 13.6. The third-order valence-corrected chi connectivity index (χ3v) is 5.99. The average Bonchev–Trinajstić information content (AvgIpc) is 3.18. The van der Waals surface area contributed by atoms with E-state index >= 15 is 0 Å². The summed E-state index contributed by atoms with van der Waals surface area (Å²) in [6, 6.07) is 22.7. The Kier molecular flexibility index (Phi) is 7.46. The van der Waals surface area contributed by atoms with Crippen LogP contribution in [0.5, 0.6) is 0 Å². The van der Waals surface area contributed by atoms with Gasteiger partial charge in [-0.05, 0) is 42.3 Å². The van der Waals surface area contributed by atoms with Crippen LogP contribution in [0, 0.1) is 17.7 Å². The molecule has 0 fully saturated rings. The molecule has 2 heterocycles. The van der Waals surface area contributed by atoms with Crippen LogP contribution in [0.4, 0.5) is 10.1 Å². The summed E-state index contributed by atoms with van der Waals surface area (Å²) in [7, 11) is 0. The summed E-state index contributed by atoms with van der Waals surface area (Å²) in [6.07, 6.45) is 2.16. The maximum absolute atomic E-state index is 13.6. The molecule has 3 aromatic carbocycles. The summed E-state index contributed by atoms with van der Waals surface area (Å²) in [5.74, 6) is 5.65. The quantitative estimate of drug-likeness (QED) is 0.275. The Morgan fingerprint density at radius 2 is 1.71 bits per heavy atom. The minimum Gasteiger partial charge on any atom is -0.472 e. The van der Waals surface area contributed by atoms with Gasteiger partial charge in [-0.15, -0.1) is 0 Å². The first-order chi connectivity index (χ1) is 18.6. The van der Waals surface area contributed by atoms with Gasteiger partial charge in [0.1, 0.15) is 18.0 Å². The molecule has 2 N–H and O–H groups in total. The Hall–Kier alpha value is -4.90. The molecule has 8 heteroatoms. The zero-order valence-corrected chi connectivity index (χ0v) is 20.5. The van der Waals surface area contributed by atoms with Crippen LogP contribution in [0.1, 0.15) is 39.1 Å². The van der Waals surface area contributed by atoms with Gasteiger partial charge in [0.15, 0.2) is 6.29 Å². The molecule has 0 aliphatic carbocycles. The van der Waals surface area contributed by atoms with Crippen molar-refractivity contribution in [1.29, 1.82) is 0 Å². The lowest BCUT2D eigenvalue weighted by atomic mass is 10.1. The van der Waals surface area contributed by atoms with Crippen molar-refractivity contribution in [3.05, 3.63) is 113 Å². The number of imide groups is 1. The summed E-state index contributed by atoms with van der Waals surface area (Å²) in [5, 5.41) is 6.22. The predicted molar refractivity (Wildman–Crippen MR) is 143 cm³/mol. The van der Waals surface area contributed by atoms with Crippen LogP contribution in [0.15, 0.2) is 95.6 Å². The molecule has 2 aliphatic rings. The molecule has 2 aliphatic heterocycles. The fourth-order valence-corrected chi connectivity index (χ4v) is 4.11. The van der Waals surface area contributed by atoms with Crippen LogP contribution in [0.25, 0.3) is 0 Å². The summed E-state index contributed by atoms with van der Waals surface area (Å²) in [4.78, 5) is 30.9. The van der Waals surface area contributed by atoms with E-state index in [2.05, 4.69) is 27.5 Å². The highest BCUT2D eigenvalue weighted by atomic mass is 19.1. The average molecular weight is 509 g/mol. The van der Waals surface area contributed by atoms with Crippen molar-refractivity contribution in [2.24, 2.45) is 4.99 Å². The number of aliphatic imine (C=N–C) groups is 1. The van der Waals surface area contributed by atoms with E-state index in [1.165, 1.54) is 17.0 Å². The first-order valence-electron chi connectivity index (χ1n) is 12.3. The number of benzene rings is 3. The number of hydrogen-bond acceptors (Lipinski definition) is 6. The fourth-order valence-electron chi connectivity index (χ4n) is 4.11. The largest absolute Gasteiger partial charge is 0.472 e. The standard InChI is InChI=1S/C30H25FN4O3/c31-23-13-9-14-24(18-23)33-30-32-19-22(27(34-30)38-20-21-10-3-1-4-11-21)12-5-2-8-17-35-28(36)25-15-6-7-16-26(25)29(35)37/h1,3-4,6-7,9-11,13-16,18-19,30,32-33H,2,8,17,20H2. The number of ether oxygens (including phenoxy) is 1. The molecule has 0 bridgehead atoms. The van der Waals surface area contributed by atoms with Crippen molar-refractivity contribution in [3.8, 4) is 11.8 Å². The first-order valence-corrected chi connectivity index (χ1v) is 12.3. The van der Waals surface area contributed by atoms with Gasteiger partial charge >= 0.3 is 0 Å². The third-order valence-electron chi connectivity index (χ3n) is 5.99. The van der Waals surface area contributed by atoms with Crippen LogP contribution in [0.3, 0.4) is 0 Å². The van der Waals surface area contributed by atoms with Crippen molar-refractivity contribution in [2.75, 3.05) is 11.9 Å². The summed E-state index contributed by atoms with van der Waals surface area (Å²) in [6.45, 7) is 0.606. The van der Waals surface area contributed by atoms with Gasteiger partial charge < -0.3 is 15.4 Å². The van der Waals surface area contributed by atoms with Gasteiger partial charge in [-0.25, -0.2) is 9.38 Å². The molecule has 38 heavy (non-hydrogen) atoms. The monoisotopic (exact) mass is 508 g/mol. The van der Waals surface area contributed by atoms with Crippen molar-refractivity contribution < 1.29 is 18.7 Å². The Bertz CT molecular complexity index is 1440. The Morgan fingerprint density at radius 1 is 0.974 bits per heavy atom. The van der Waals surface area contributed by atoms with E-state index in [9.17, 15) is 14.0 Å². The summed E-state index contributed by atoms with van der Waals surface area (Å²) in [5.41, 5.74) is 3.01. The number of halogens is 1. The third kappa shape index (κ3) is 5.73. The van der Waals surface area contributed by atoms with Gasteiger partial charge in [0.2, 0.25) is 5.90 Å². The molecular formula is C30H25FN4O3. The van der Waals surface area contributed by atoms with Crippen molar-refractivity contribution >= 4 is 23.4 Å². The number of carbonyl (C=O) groups is 2. The number of hydrogen-bond donors (Lipinski definition) is 2. The van der Waals surface area contributed by atoms with Crippen LogP contribution in [-0.4, -0.2) is 35.4 Å². The van der Waals surface area contributed by atoms with Gasteiger partial charge in [0.05, 0.1) is 11.1 Å². The molecule has 0 radical (unpaired) electrons. The van der Waals surface area contributed by atoms with Crippen LogP contribution in [-0.2, 0) is 11.3 Å². The van der Waals surface area contributed by atoms with Gasteiger partial charge in [-0.3, -0.25) is 14.5 Å². The molecule has 1 atom stereocenters. The molecule has 3 aromatic rings. The number of carbonyl (C=O) groups excluding carboxylic acids is 2. The molecule has 0 spiro atoms. The SMILES string of the molecule is O=C1c2ccccc2C(=O)N1CCCC#CC1=CNC(Nc2cccc(F)c2)N=C1OCc1ccccc1. The normalized spacial score (nSPS) is 16.0. The highest BCUT2D eigenvalue weighted by Crippen LogP contribution is 2.22. The van der Waals surface area contributed by atoms with Gasteiger partial charge in [0.25, 0.3) is 11.8 Å². The predicted octanol–water partition coefficient (Wildman–Crippen LogP) is 4.70. The number of amides is 2. The second-order valence-electron chi connectivity index (χ2n) is 8.70. The van der Waals surface area contributed by atoms with E-state index in [0.29, 0.717) is 54.3 Å². The second kappa shape index (κ2) is 11.4. The van der Waals surface area contributed by atoms with Gasteiger partial charge in [-0.1, -0.05) is 60.4 Å². The van der Waals surface area contributed by atoms with Gasteiger partial charge in [0, 0.05) is 24.9 Å². The van der Waals surface area contributed by atoms with Crippen LogP contribution in [0.2, 0.25) is 0 Å². The van der Waals surface area contributed by atoms with Crippen LogP contribution < -0.4 is 10.6 Å². The Balaban J connectivity index is 1.22. The van der Waals surface area contributed by atoms with E-state index in [1.54, 1.807) is 42.6 Å². The van der Waals surface area contributed by atoms with E-state index in [4.69, 9.17) is 4.74 Å².